The molecule has 0 saturated carbocycles. The lowest BCUT2D eigenvalue weighted by Crippen LogP contribution is -2.04. The Morgan fingerprint density at radius 2 is 2.10 bits per heavy atom. The molecule has 0 atom stereocenters. The van der Waals surface area contributed by atoms with Crippen molar-refractivity contribution >= 4 is 26.7 Å². The molecule has 0 aliphatic rings. The maximum Gasteiger partial charge on any atom is 0.184 e. The standard InChI is InChI=1S/C16H17N3S/c1-3-12-7-5-9-17-13(12)10-18-16-19-15-11(2)6-4-8-14(15)20-16/h4-9H,3,10H2,1-2H3,(H,18,19). The molecule has 3 rings (SSSR count). The maximum atomic E-state index is 4.66. The van der Waals surface area contributed by atoms with Crippen molar-refractivity contribution in [3.63, 3.8) is 0 Å². The molecule has 102 valence electrons. The van der Waals surface area contributed by atoms with Gasteiger partial charge in [-0.15, -0.1) is 0 Å². The second-order valence-electron chi connectivity index (χ2n) is 4.76. The summed E-state index contributed by atoms with van der Waals surface area (Å²) in [5.74, 6) is 0. The third kappa shape index (κ3) is 2.51. The van der Waals surface area contributed by atoms with Gasteiger partial charge in [-0.1, -0.05) is 36.5 Å². The van der Waals surface area contributed by atoms with Crippen LogP contribution < -0.4 is 5.32 Å². The van der Waals surface area contributed by atoms with Gasteiger partial charge in [0.15, 0.2) is 5.13 Å². The summed E-state index contributed by atoms with van der Waals surface area (Å²) in [7, 11) is 0. The SMILES string of the molecule is CCc1cccnc1CNc1nc2c(C)cccc2s1. The Bertz CT molecular complexity index is 733. The minimum absolute atomic E-state index is 0.725. The highest BCUT2D eigenvalue weighted by Gasteiger charge is 2.07. The molecule has 0 bridgehead atoms. The molecule has 4 heteroatoms. The molecule has 20 heavy (non-hydrogen) atoms. The van der Waals surface area contributed by atoms with E-state index in [4.69, 9.17) is 0 Å². The predicted octanol–water partition coefficient (Wildman–Crippen LogP) is 4.17. The number of hydrogen-bond donors (Lipinski definition) is 1. The molecular formula is C16H17N3S. The van der Waals surface area contributed by atoms with Crippen LogP contribution in [-0.2, 0) is 13.0 Å². The minimum atomic E-state index is 0.725. The quantitative estimate of drug-likeness (QED) is 0.780. The number of pyridine rings is 1. The molecule has 0 fully saturated rings. The zero-order valence-corrected chi connectivity index (χ0v) is 12.5. The Hall–Kier alpha value is -1.94. The van der Waals surface area contributed by atoms with Gasteiger partial charge in [0.1, 0.15) is 0 Å². The van der Waals surface area contributed by atoms with Gasteiger partial charge in [0.2, 0.25) is 0 Å². The van der Waals surface area contributed by atoms with Crippen molar-refractivity contribution in [1.82, 2.24) is 9.97 Å². The van der Waals surface area contributed by atoms with Gasteiger partial charge in [-0.3, -0.25) is 4.98 Å². The molecule has 0 radical (unpaired) electrons. The number of para-hydroxylation sites is 1. The summed E-state index contributed by atoms with van der Waals surface area (Å²) in [6.45, 7) is 4.98. The van der Waals surface area contributed by atoms with Gasteiger partial charge >= 0.3 is 0 Å². The lowest BCUT2D eigenvalue weighted by Gasteiger charge is -2.06. The summed E-state index contributed by atoms with van der Waals surface area (Å²) < 4.78 is 1.23. The van der Waals surface area contributed by atoms with Crippen molar-refractivity contribution in [2.45, 2.75) is 26.8 Å². The fourth-order valence-electron chi connectivity index (χ4n) is 2.27. The third-order valence-electron chi connectivity index (χ3n) is 3.39. The second kappa shape index (κ2) is 5.59. The smallest absolute Gasteiger partial charge is 0.184 e. The molecule has 1 aromatic carbocycles. The lowest BCUT2D eigenvalue weighted by molar-refractivity contribution is 0.970. The first-order valence-corrected chi connectivity index (χ1v) is 7.62. The van der Waals surface area contributed by atoms with Crippen molar-refractivity contribution in [2.24, 2.45) is 0 Å². The van der Waals surface area contributed by atoms with E-state index in [-0.39, 0.29) is 0 Å². The molecule has 3 nitrogen and oxygen atoms in total. The molecule has 2 heterocycles. The van der Waals surface area contributed by atoms with E-state index in [1.807, 2.05) is 12.3 Å². The molecule has 2 aromatic heterocycles. The van der Waals surface area contributed by atoms with Gasteiger partial charge in [0.25, 0.3) is 0 Å². The van der Waals surface area contributed by atoms with Crippen LogP contribution in [0.2, 0.25) is 0 Å². The Kier molecular flexibility index (Phi) is 3.65. The van der Waals surface area contributed by atoms with E-state index in [2.05, 4.69) is 53.4 Å². The number of aromatic nitrogens is 2. The van der Waals surface area contributed by atoms with E-state index in [1.165, 1.54) is 15.8 Å². The number of nitrogens with one attached hydrogen (secondary N) is 1. The third-order valence-corrected chi connectivity index (χ3v) is 4.37. The van der Waals surface area contributed by atoms with Gasteiger partial charge in [-0.05, 0) is 36.6 Å². The van der Waals surface area contributed by atoms with Crippen LogP contribution in [0.25, 0.3) is 10.2 Å². The maximum absolute atomic E-state index is 4.66. The first kappa shape index (κ1) is 13.1. The predicted molar refractivity (Wildman–Crippen MR) is 85.3 cm³/mol. The lowest BCUT2D eigenvalue weighted by atomic mass is 10.1. The topological polar surface area (TPSA) is 37.8 Å². The Morgan fingerprint density at radius 1 is 1.20 bits per heavy atom. The molecule has 0 aliphatic heterocycles. The number of aryl methyl sites for hydroxylation is 2. The molecule has 1 N–H and O–H groups in total. The molecule has 0 amide bonds. The number of thiazole rings is 1. The molecule has 0 aliphatic carbocycles. The van der Waals surface area contributed by atoms with Crippen LogP contribution in [-0.4, -0.2) is 9.97 Å². The van der Waals surface area contributed by atoms with Crippen molar-refractivity contribution in [3.05, 3.63) is 53.3 Å². The van der Waals surface area contributed by atoms with Crippen LogP contribution in [0.4, 0.5) is 5.13 Å². The monoisotopic (exact) mass is 283 g/mol. The van der Waals surface area contributed by atoms with E-state index >= 15 is 0 Å². The van der Waals surface area contributed by atoms with Gasteiger partial charge in [0, 0.05) is 6.20 Å². The summed E-state index contributed by atoms with van der Waals surface area (Å²) in [6, 6.07) is 10.4. The second-order valence-corrected chi connectivity index (χ2v) is 5.79. The van der Waals surface area contributed by atoms with Gasteiger partial charge in [0.05, 0.1) is 22.5 Å². The van der Waals surface area contributed by atoms with E-state index in [0.29, 0.717) is 0 Å². The van der Waals surface area contributed by atoms with E-state index in [9.17, 15) is 0 Å². The highest BCUT2D eigenvalue weighted by atomic mass is 32.1. The van der Waals surface area contributed by atoms with Crippen LogP contribution in [0.1, 0.15) is 23.7 Å². The van der Waals surface area contributed by atoms with Crippen molar-refractivity contribution in [1.29, 1.82) is 0 Å². The van der Waals surface area contributed by atoms with Gasteiger partial charge < -0.3 is 5.32 Å². The Morgan fingerprint density at radius 3 is 2.90 bits per heavy atom. The zero-order valence-electron chi connectivity index (χ0n) is 11.7. The summed E-state index contributed by atoms with van der Waals surface area (Å²) in [5, 5.41) is 4.36. The zero-order chi connectivity index (χ0) is 13.9. The summed E-state index contributed by atoms with van der Waals surface area (Å²) >= 11 is 1.69. The average Bonchev–Trinajstić information content (AvgIpc) is 2.90. The van der Waals surface area contributed by atoms with Crippen LogP contribution in [0.15, 0.2) is 36.5 Å². The van der Waals surface area contributed by atoms with Crippen molar-refractivity contribution in [3.8, 4) is 0 Å². The normalized spacial score (nSPS) is 10.9. The summed E-state index contributed by atoms with van der Waals surface area (Å²) in [5.41, 5.74) is 4.71. The highest BCUT2D eigenvalue weighted by Crippen LogP contribution is 2.28. The fourth-order valence-corrected chi connectivity index (χ4v) is 3.21. The summed E-state index contributed by atoms with van der Waals surface area (Å²) in [4.78, 5) is 9.11. The van der Waals surface area contributed by atoms with Crippen molar-refractivity contribution < 1.29 is 0 Å². The molecular weight excluding hydrogens is 266 g/mol. The number of hydrogen-bond acceptors (Lipinski definition) is 4. The van der Waals surface area contributed by atoms with Crippen LogP contribution >= 0.6 is 11.3 Å². The highest BCUT2D eigenvalue weighted by molar-refractivity contribution is 7.22. The first-order valence-electron chi connectivity index (χ1n) is 6.80. The van der Waals surface area contributed by atoms with E-state index in [1.54, 1.807) is 11.3 Å². The van der Waals surface area contributed by atoms with Gasteiger partial charge in [-0.25, -0.2) is 4.98 Å². The largest absolute Gasteiger partial charge is 0.356 e. The van der Waals surface area contributed by atoms with Crippen LogP contribution in [0.3, 0.4) is 0 Å². The fraction of sp³-hybridized carbons (Fsp3) is 0.250. The van der Waals surface area contributed by atoms with E-state index < -0.39 is 0 Å². The van der Waals surface area contributed by atoms with Crippen LogP contribution in [0.5, 0.6) is 0 Å². The number of fused-ring (bicyclic) bond motifs is 1. The Labute approximate surface area is 122 Å². The Balaban J connectivity index is 1.82. The molecule has 0 spiro atoms. The average molecular weight is 283 g/mol. The molecule has 0 saturated heterocycles. The number of benzene rings is 1. The van der Waals surface area contributed by atoms with Crippen molar-refractivity contribution in [2.75, 3.05) is 5.32 Å². The number of rotatable bonds is 4. The van der Waals surface area contributed by atoms with E-state index in [0.717, 1.165) is 29.3 Å². The molecule has 3 aromatic rings. The van der Waals surface area contributed by atoms with Crippen LogP contribution in [0, 0.1) is 6.92 Å². The number of nitrogens with zero attached hydrogens (tertiary/aromatic N) is 2. The van der Waals surface area contributed by atoms with Gasteiger partial charge in [-0.2, -0.15) is 0 Å². The minimum Gasteiger partial charge on any atom is -0.356 e. The summed E-state index contributed by atoms with van der Waals surface area (Å²) in [6.07, 6.45) is 2.85. The first-order chi connectivity index (χ1) is 9.78. The molecule has 0 unspecified atom stereocenters. The number of anilines is 1.